The Morgan fingerprint density at radius 2 is 0.409 bits per heavy atom. The summed E-state index contributed by atoms with van der Waals surface area (Å²) < 4.78 is 7.77. The van der Waals surface area contributed by atoms with Gasteiger partial charge in [-0.3, -0.25) is 0 Å². The summed E-state index contributed by atoms with van der Waals surface area (Å²) in [7, 11) is 0. The summed E-state index contributed by atoms with van der Waals surface area (Å²) in [5, 5.41) is 0. The molecule has 0 aliphatic heterocycles. The molecule has 3 nitrogen and oxygen atoms in total. The third-order valence-electron chi connectivity index (χ3n) is 21.0. The molecule has 93 heavy (non-hydrogen) atoms. The second-order valence-electron chi connectivity index (χ2n) is 28.5. The van der Waals surface area contributed by atoms with Crippen LogP contribution in [0.5, 0.6) is 0 Å². The number of aromatic nitrogens is 3. The number of nitrogens with zero attached hydrogens (tertiary/aromatic N) is 3. The van der Waals surface area contributed by atoms with Gasteiger partial charge in [-0.25, -0.2) is 0 Å². The molecule has 0 aliphatic rings. The Balaban J connectivity index is 1.49. The van der Waals surface area contributed by atoms with Gasteiger partial charge < -0.3 is 13.7 Å². The minimum atomic E-state index is 1.15. The van der Waals surface area contributed by atoms with E-state index in [4.69, 9.17) is 0 Å². The lowest BCUT2D eigenvalue weighted by atomic mass is 9.86. The highest BCUT2D eigenvalue weighted by atomic mass is 15.0. The van der Waals surface area contributed by atoms with Crippen LogP contribution >= 0.6 is 0 Å². The van der Waals surface area contributed by atoms with Gasteiger partial charge in [-0.15, -0.1) is 0 Å². The maximum atomic E-state index is 2.59. The van der Waals surface area contributed by atoms with Crippen molar-refractivity contribution >= 4 is 0 Å². The first kappa shape index (κ1) is 75.1. The van der Waals surface area contributed by atoms with E-state index in [0.29, 0.717) is 0 Å². The smallest absolute Gasteiger partial charge is 0.0531 e. The van der Waals surface area contributed by atoms with Crippen LogP contribution in [0.15, 0.2) is 110 Å². The van der Waals surface area contributed by atoms with Crippen molar-refractivity contribution < 1.29 is 0 Å². The SMILES string of the molecule is CCCCCCc1ccc(-c2cccn2-c2cc(-n3cccc3-c3ccc(CCCCCC)c(CCCCCC)c3CCCCCC)cc(-n3cccc3-c3ccc(CCCCCC)c(CCCCCC)c3CCCCCC)c2)c(CCCCCC)c1CCCCCC. The van der Waals surface area contributed by atoms with Gasteiger partial charge in [0, 0.05) is 52.3 Å². The molecule has 0 amide bonds. The van der Waals surface area contributed by atoms with Gasteiger partial charge in [0.05, 0.1) is 17.1 Å². The second kappa shape index (κ2) is 43.7. The lowest BCUT2D eigenvalue weighted by Crippen LogP contribution is -2.09. The zero-order chi connectivity index (χ0) is 65.7. The van der Waals surface area contributed by atoms with Gasteiger partial charge in [-0.1, -0.05) is 272 Å². The average Bonchev–Trinajstić information content (AvgIpc) is 1.74. The Kier molecular flexibility index (Phi) is 35.3. The molecule has 510 valence electrons. The third-order valence-corrected chi connectivity index (χ3v) is 21.0. The van der Waals surface area contributed by atoms with Crippen LogP contribution in [0.1, 0.15) is 344 Å². The maximum absolute atomic E-state index is 2.59. The molecule has 0 radical (unpaired) electrons. The van der Waals surface area contributed by atoms with Gasteiger partial charge in [-0.05, 0) is 220 Å². The molecule has 7 aromatic rings. The van der Waals surface area contributed by atoms with Crippen LogP contribution in [-0.4, -0.2) is 13.7 Å². The van der Waals surface area contributed by atoms with E-state index < -0.39 is 0 Å². The summed E-state index contributed by atoms with van der Waals surface area (Å²) in [6, 6.07) is 37.5. The molecule has 3 heteroatoms. The Hall–Kier alpha value is -5.28. The van der Waals surface area contributed by atoms with Crippen molar-refractivity contribution in [2.24, 2.45) is 0 Å². The van der Waals surface area contributed by atoms with E-state index in [1.54, 1.807) is 50.1 Å². The van der Waals surface area contributed by atoms with E-state index in [1.165, 1.54) is 321 Å². The Morgan fingerprint density at radius 3 is 0.624 bits per heavy atom. The van der Waals surface area contributed by atoms with Crippen molar-refractivity contribution in [3.05, 3.63) is 160 Å². The number of unbranched alkanes of at least 4 members (excludes halogenated alkanes) is 27. The van der Waals surface area contributed by atoms with E-state index in [1.807, 2.05) is 0 Å². The summed E-state index contributed by atoms with van der Waals surface area (Å²) in [4.78, 5) is 0. The minimum Gasteiger partial charge on any atom is -0.316 e. The van der Waals surface area contributed by atoms with Gasteiger partial charge in [-0.2, -0.15) is 0 Å². The molecule has 0 bridgehead atoms. The number of hydrogen-bond donors (Lipinski definition) is 0. The molecule has 0 atom stereocenters. The quantitative estimate of drug-likeness (QED) is 0.0338. The Labute approximate surface area is 572 Å². The monoisotopic (exact) mass is 1260 g/mol. The molecule has 7 rings (SSSR count). The molecule has 0 unspecified atom stereocenters. The van der Waals surface area contributed by atoms with Gasteiger partial charge >= 0.3 is 0 Å². The maximum Gasteiger partial charge on any atom is 0.0531 e. The van der Waals surface area contributed by atoms with Crippen LogP contribution in [0.3, 0.4) is 0 Å². The summed E-state index contributed by atoms with van der Waals surface area (Å²) in [6.45, 7) is 21.2. The molecule has 3 heterocycles. The molecule has 0 aliphatic carbocycles. The predicted molar refractivity (Wildman–Crippen MR) is 411 cm³/mol. The second-order valence-corrected chi connectivity index (χ2v) is 28.5. The first-order valence-corrected chi connectivity index (χ1v) is 40.0. The Morgan fingerprint density at radius 1 is 0.204 bits per heavy atom. The third kappa shape index (κ3) is 22.7. The van der Waals surface area contributed by atoms with Crippen molar-refractivity contribution in [3.8, 4) is 50.8 Å². The first-order valence-electron chi connectivity index (χ1n) is 40.0. The molecule has 0 N–H and O–H groups in total. The van der Waals surface area contributed by atoms with Crippen molar-refractivity contribution in [3.63, 3.8) is 0 Å². The van der Waals surface area contributed by atoms with Crippen LogP contribution in [0.25, 0.3) is 50.8 Å². The molecule has 0 fully saturated rings. The first-order chi connectivity index (χ1) is 45.9. The van der Waals surface area contributed by atoms with Crippen molar-refractivity contribution in [2.75, 3.05) is 0 Å². The highest BCUT2D eigenvalue weighted by Crippen LogP contribution is 2.40. The number of aryl methyl sites for hydroxylation is 3. The molecule has 0 spiro atoms. The fourth-order valence-corrected chi connectivity index (χ4v) is 15.5. The van der Waals surface area contributed by atoms with E-state index in [9.17, 15) is 0 Å². The zero-order valence-corrected chi connectivity index (χ0v) is 61.6. The number of rotatable bonds is 51. The lowest BCUT2D eigenvalue weighted by molar-refractivity contribution is 0.640. The van der Waals surface area contributed by atoms with Gasteiger partial charge in [0.25, 0.3) is 0 Å². The molecular formula is C90H135N3. The largest absolute Gasteiger partial charge is 0.316 e. The lowest BCUT2D eigenvalue weighted by Gasteiger charge is -2.23. The van der Waals surface area contributed by atoms with Gasteiger partial charge in [0.15, 0.2) is 0 Å². The van der Waals surface area contributed by atoms with E-state index in [0.717, 1.165) is 19.3 Å². The van der Waals surface area contributed by atoms with Crippen LogP contribution in [0.2, 0.25) is 0 Å². The molecular weight excluding hydrogens is 1120 g/mol. The minimum absolute atomic E-state index is 1.15. The normalized spacial score (nSPS) is 11.7. The number of benzene rings is 4. The summed E-state index contributed by atoms with van der Waals surface area (Å²) >= 11 is 0. The molecule has 3 aromatic heterocycles. The van der Waals surface area contributed by atoms with Crippen LogP contribution in [-0.2, 0) is 57.8 Å². The predicted octanol–water partition coefficient (Wildman–Crippen LogP) is 28.2. The summed E-state index contributed by atoms with van der Waals surface area (Å²) in [5.74, 6) is 0. The molecule has 0 saturated heterocycles. The van der Waals surface area contributed by atoms with E-state index in [-0.39, 0.29) is 0 Å². The van der Waals surface area contributed by atoms with Crippen molar-refractivity contribution in [1.82, 2.24) is 13.7 Å². The molecule has 0 saturated carbocycles. The van der Waals surface area contributed by atoms with Crippen LogP contribution < -0.4 is 0 Å². The fourth-order valence-electron chi connectivity index (χ4n) is 15.5. The zero-order valence-electron chi connectivity index (χ0n) is 61.6. The van der Waals surface area contributed by atoms with Crippen molar-refractivity contribution in [1.29, 1.82) is 0 Å². The van der Waals surface area contributed by atoms with E-state index >= 15 is 0 Å². The number of hydrogen-bond acceptors (Lipinski definition) is 0. The van der Waals surface area contributed by atoms with Gasteiger partial charge in [0.1, 0.15) is 0 Å². The Bertz CT molecular complexity index is 2800. The van der Waals surface area contributed by atoms with Crippen molar-refractivity contribution in [2.45, 2.75) is 351 Å². The van der Waals surface area contributed by atoms with Crippen LogP contribution in [0, 0.1) is 0 Å². The average molecular weight is 1260 g/mol. The summed E-state index contributed by atoms with van der Waals surface area (Å²) in [5.41, 5.74) is 26.8. The summed E-state index contributed by atoms with van der Waals surface area (Å²) in [6.07, 6.45) is 64.3. The van der Waals surface area contributed by atoms with E-state index in [2.05, 4.69) is 186 Å². The fraction of sp³-hybridized carbons (Fsp3) is 0.600. The van der Waals surface area contributed by atoms with Crippen LogP contribution in [0.4, 0.5) is 0 Å². The standard InChI is InChI=1S/C90H135N3/c1-10-19-28-37-49-73-61-64-85(82(55-43-34-25-16-7)79(73)52-40-31-22-13-4)88-58-46-67-91(88)76-70-77(92-68-47-59-89(92)86-65-62-74(50-38-29-20-11-2)80(53-41-32-23-14-5)83(86)56-44-35-26-17-8)72-78(71-76)93-69-48-60-90(93)87-66-63-75(51-39-30-21-12-3)81(54-42-33-24-15-6)84(87)57-45-36-27-18-9/h46-48,58-72H,10-45,49-57H2,1-9H3. The molecule has 4 aromatic carbocycles. The topological polar surface area (TPSA) is 14.8 Å². The highest BCUT2D eigenvalue weighted by Gasteiger charge is 2.23. The highest BCUT2D eigenvalue weighted by molar-refractivity contribution is 5.75. The van der Waals surface area contributed by atoms with Gasteiger partial charge in [0.2, 0.25) is 0 Å².